The molecular weight excluding hydrogens is 460 g/mol. The summed E-state index contributed by atoms with van der Waals surface area (Å²) in [5.74, 6) is 0.657. The lowest BCUT2D eigenvalue weighted by atomic mass is 9.76. The van der Waals surface area contributed by atoms with Crippen LogP contribution in [0.2, 0.25) is 0 Å². The Balaban J connectivity index is 1.86. The Morgan fingerprint density at radius 2 is 1.35 bits per heavy atom. The van der Waals surface area contributed by atoms with Crippen molar-refractivity contribution in [3.8, 4) is 12.1 Å². The Bertz CT molecular complexity index is 1510. The molecular formula is C28H20N2O2S2. The summed E-state index contributed by atoms with van der Waals surface area (Å²) in [6.07, 6.45) is 1.03. The molecule has 34 heavy (non-hydrogen) atoms. The number of rotatable bonds is 4. The summed E-state index contributed by atoms with van der Waals surface area (Å²) in [7, 11) is 0. The van der Waals surface area contributed by atoms with Gasteiger partial charge >= 0.3 is 0 Å². The van der Waals surface area contributed by atoms with Crippen LogP contribution in [-0.2, 0) is 6.42 Å². The van der Waals surface area contributed by atoms with E-state index in [2.05, 4.69) is 26.0 Å². The average Bonchev–Trinajstić information content (AvgIpc) is 3.20. The first-order chi connectivity index (χ1) is 16.4. The molecule has 6 heteroatoms. The van der Waals surface area contributed by atoms with Gasteiger partial charge in [-0.2, -0.15) is 10.5 Å². The number of hydrogen-bond acceptors (Lipinski definition) is 6. The SMILES string of the molecule is CC1(C)CC(=O)c2c(oc3c(Sc4ccccc4)c(C#N)c(C#N)c(Sc4ccccc4)c23)C1. The van der Waals surface area contributed by atoms with Crippen LogP contribution in [0.4, 0.5) is 0 Å². The van der Waals surface area contributed by atoms with Gasteiger partial charge in [-0.05, 0) is 29.7 Å². The van der Waals surface area contributed by atoms with Crippen LogP contribution in [0, 0.1) is 28.1 Å². The molecule has 0 N–H and O–H groups in total. The average molecular weight is 481 g/mol. The molecule has 0 aliphatic heterocycles. The highest BCUT2D eigenvalue weighted by molar-refractivity contribution is 8.00. The Morgan fingerprint density at radius 3 is 1.91 bits per heavy atom. The zero-order valence-corrected chi connectivity index (χ0v) is 20.3. The molecule has 0 amide bonds. The summed E-state index contributed by atoms with van der Waals surface area (Å²) in [5, 5.41) is 21.0. The van der Waals surface area contributed by atoms with E-state index in [1.54, 1.807) is 0 Å². The number of Topliss-reactive ketones (excluding diaryl/α,β-unsaturated/α-hetero) is 1. The lowest BCUT2D eigenvalue weighted by molar-refractivity contribution is 0.0905. The number of nitrogens with zero attached hydrogens (tertiary/aromatic N) is 2. The normalized spacial score (nSPS) is 14.4. The van der Waals surface area contributed by atoms with Gasteiger partial charge in [0.1, 0.15) is 17.9 Å². The summed E-state index contributed by atoms with van der Waals surface area (Å²) < 4.78 is 6.40. The van der Waals surface area contributed by atoms with Crippen molar-refractivity contribution in [1.29, 1.82) is 10.5 Å². The van der Waals surface area contributed by atoms with Gasteiger partial charge in [0, 0.05) is 32.9 Å². The molecule has 0 bridgehead atoms. The first kappa shape index (κ1) is 22.3. The van der Waals surface area contributed by atoms with E-state index in [0.29, 0.717) is 44.9 Å². The fourth-order valence-electron chi connectivity index (χ4n) is 4.39. The van der Waals surface area contributed by atoms with Crippen LogP contribution < -0.4 is 0 Å². The predicted molar refractivity (Wildman–Crippen MR) is 133 cm³/mol. The van der Waals surface area contributed by atoms with Gasteiger partial charge < -0.3 is 4.42 Å². The standard InChI is InChI=1S/C28H20N2O2S2/c1-28(2)13-21(31)23-22(14-28)32-25-24(23)26(33-17-9-5-3-6-10-17)19(15-29)20(16-30)27(25)34-18-11-7-4-8-12-18/h3-12H,13-14H2,1-2H3. The van der Waals surface area contributed by atoms with E-state index in [1.165, 1.54) is 23.5 Å². The van der Waals surface area contributed by atoms with Crippen LogP contribution in [0.25, 0.3) is 11.0 Å². The lowest BCUT2D eigenvalue weighted by Crippen LogP contribution is -2.26. The van der Waals surface area contributed by atoms with E-state index in [-0.39, 0.29) is 22.3 Å². The largest absolute Gasteiger partial charge is 0.459 e. The Morgan fingerprint density at radius 1 is 0.824 bits per heavy atom. The fraction of sp³-hybridized carbons (Fsp3) is 0.179. The van der Waals surface area contributed by atoms with E-state index < -0.39 is 0 Å². The number of hydrogen-bond donors (Lipinski definition) is 0. The molecule has 4 aromatic rings. The highest BCUT2D eigenvalue weighted by Gasteiger charge is 2.38. The van der Waals surface area contributed by atoms with Crippen LogP contribution in [-0.4, -0.2) is 5.78 Å². The van der Waals surface area contributed by atoms with Crippen molar-refractivity contribution >= 4 is 40.3 Å². The third kappa shape index (κ3) is 3.90. The number of carbonyl (C=O) groups excluding carboxylic acids is 1. The lowest BCUT2D eigenvalue weighted by Gasteiger charge is -2.27. The quantitative estimate of drug-likeness (QED) is 0.299. The third-order valence-corrected chi connectivity index (χ3v) is 8.05. The van der Waals surface area contributed by atoms with Crippen molar-refractivity contribution in [2.45, 2.75) is 46.3 Å². The minimum atomic E-state index is -0.215. The van der Waals surface area contributed by atoms with Crippen molar-refractivity contribution in [2.24, 2.45) is 5.41 Å². The number of furan rings is 1. The summed E-state index contributed by atoms with van der Waals surface area (Å²) in [6, 6.07) is 23.9. The number of ketones is 1. The summed E-state index contributed by atoms with van der Waals surface area (Å²) in [4.78, 5) is 16.4. The van der Waals surface area contributed by atoms with Crippen LogP contribution in [0.3, 0.4) is 0 Å². The molecule has 0 saturated heterocycles. The van der Waals surface area contributed by atoms with Crippen LogP contribution in [0.1, 0.15) is 47.5 Å². The molecule has 5 rings (SSSR count). The number of fused-ring (bicyclic) bond motifs is 3. The molecule has 1 heterocycles. The maximum atomic E-state index is 13.4. The van der Waals surface area contributed by atoms with E-state index >= 15 is 0 Å². The molecule has 0 saturated carbocycles. The Labute approximate surface area is 206 Å². The molecule has 1 aliphatic rings. The molecule has 1 aliphatic carbocycles. The maximum Gasteiger partial charge on any atom is 0.167 e. The van der Waals surface area contributed by atoms with Crippen molar-refractivity contribution in [2.75, 3.05) is 0 Å². The van der Waals surface area contributed by atoms with Gasteiger partial charge in [0.15, 0.2) is 11.4 Å². The molecule has 0 fully saturated rings. The van der Waals surface area contributed by atoms with Gasteiger partial charge in [-0.1, -0.05) is 73.8 Å². The van der Waals surface area contributed by atoms with Crippen molar-refractivity contribution in [3.63, 3.8) is 0 Å². The van der Waals surface area contributed by atoms with Crippen molar-refractivity contribution < 1.29 is 9.21 Å². The summed E-state index contributed by atoms with van der Waals surface area (Å²) >= 11 is 2.79. The van der Waals surface area contributed by atoms with Crippen molar-refractivity contribution in [3.05, 3.63) is 83.1 Å². The molecule has 0 spiro atoms. The topological polar surface area (TPSA) is 77.8 Å². The molecule has 3 aromatic carbocycles. The molecule has 0 atom stereocenters. The van der Waals surface area contributed by atoms with Gasteiger partial charge in [-0.3, -0.25) is 4.79 Å². The minimum Gasteiger partial charge on any atom is -0.459 e. The second-order valence-electron chi connectivity index (χ2n) is 9.01. The van der Waals surface area contributed by atoms with Crippen LogP contribution in [0.5, 0.6) is 0 Å². The van der Waals surface area contributed by atoms with Gasteiger partial charge in [-0.15, -0.1) is 0 Å². The van der Waals surface area contributed by atoms with E-state index in [4.69, 9.17) is 4.42 Å². The maximum absolute atomic E-state index is 13.4. The smallest absolute Gasteiger partial charge is 0.167 e. The van der Waals surface area contributed by atoms with E-state index in [1.807, 2.05) is 60.7 Å². The van der Waals surface area contributed by atoms with Gasteiger partial charge in [0.2, 0.25) is 0 Å². The highest BCUT2D eigenvalue weighted by atomic mass is 32.2. The number of benzene rings is 3. The fourth-order valence-corrected chi connectivity index (χ4v) is 6.48. The van der Waals surface area contributed by atoms with Crippen LogP contribution in [0.15, 0.2) is 84.7 Å². The first-order valence-electron chi connectivity index (χ1n) is 10.9. The van der Waals surface area contributed by atoms with Crippen molar-refractivity contribution in [1.82, 2.24) is 0 Å². The monoisotopic (exact) mass is 480 g/mol. The number of nitriles is 2. The molecule has 0 radical (unpaired) electrons. The zero-order chi connectivity index (χ0) is 23.9. The Kier molecular flexibility index (Phi) is 5.73. The zero-order valence-electron chi connectivity index (χ0n) is 18.7. The predicted octanol–water partition coefficient (Wildman–Crippen LogP) is 7.63. The summed E-state index contributed by atoms with van der Waals surface area (Å²) in [6.45, 7) is 4.11. The highest BCUT2D eigenvalue weighted by Crippen LogP contribution is 2.50. The second kappa shape index (κ2) is 8.72. The minimum absolute atomic E-state index is 0.0178. The molecule has 1 aromatic heterocycles. The first-order valence-corrected chi connectivity index (χ1v) is 12.5. The van der Waals surface area contributed by atoms with E-state index in [9.17, 15) is 15.3 Å². The van der Waals surface area contributed by atoms with Gasteiger partial charge in [0.25, 0.3) is 0 Å². The summed E-state index contributed by atoms with van der Waals surface area (Å²) in [5.41, 5.74) is 1.42. The Hall–Kier alpha value is -3.45. The van der Waals surface area contributed by atoms with Gasteiger partial charge in [-0.25, -0.2) is 0 Å². The molecule has 4 nitrogen and oxygen atoms in total. The van der Waals surface area contributed by atoms with E-state index in [0.717, 1.165) is 9.79 Å². The third-order valence-electron chi connectivity index (χ3n) is 5.83. The second-order valence-corrected chi connectivity index (χ2v) is 11.2. The van der Waals surface area contributed by atoms with Gasteiger partial charge in [0.05, 0.1) is 21.6 Å². The number of carbonyl (C=O) groups is 1. The van der Waals surface area contributed by atoms with Crippen LogP contribution >= 0.6 is 23.5 Å². The molecule has 166 valence electrons. The molecule has 0 unspecified atom stereocenters.